The van der Waals surface area contributed by atoms with Crippen molar-refractivity contribution in [2.75, 3.05) is 18.0 Å². The molecule has 0 spiro atoms. The zero-order valence-corrected chi connectivity index (χ0v) is 11.0. The topological polar surface area (TPSA) is 59.3 Å². The first-order valence-electron chi connectivity index (χ1n) is 5.28. The highest BCUT2D eigenvalue weighted by molar-refractivity contribution is 9.10. The van der Waals surface area contributed by atoms with Crippen molar-refractivity contribution in [2.24, 2.45) is 0 Å². The molecule has 1 aliphatic rings. The van der Waals surface area contributed by atoms with E-state index in [0.29, 0.717) is 16.8 Å². The van der Waals surface area contributed by atoms with Gasteiger partial charge in [0.1, 0.15) is 0 Å². The maximum Gasteiger partial charge on any atom is 0.312 e. The van der Waals surface area contributed by atoms with Crippen molar-refractivity contribution in [1.29, 1.82) is 0 Å². The van der Waals surface area contributed by atoms with Crippen molar-refractivity contribution in [1.82, 2.24) is 4.98 Å². The Morgan fingerprint density at radius 3 is 3.00 bits per heavy atom. The van der Waals surface area contributed by atoms with Crippen LogP contribution in [0.15, 0.2) is 28.4 Å². The lowest BCUT2D eigenvalue weighted by Gasteiger charge is -2.26. The summed E-state index contributed by atoms with van der Waals surface area (Å²) >= 11 is 3.20. The van der Waals surface area contributed by atoms with Gasteiger partial charge in [-0.05, 0) is 29.3 Å². The van der Waals surface area contributed by atoms with Crippen LogP contribution in [-0.4, -0.2) is 23.0 Å². The summed E-state index contributed by atoms with van der Waals surface area (Å²) in [6.45, 7) is 3.50. The van der Waals surface area contributed by atoms with Crippen LogP contribution in [0, 0.1) is 10.1 Å². The Morgan fingerprint density at radius 2 is 2.35 bits per heavy atom. The number of rotatable bonds is 2. The summed E-state index contributed by atoms with van der Waals surface area (Å²) in [4.78, 5) is 16.7. The maximum absolute atomic E-state index is 11.0. The molecule has 0 saturated heterocycles. The molecule has 0 saturated carbocycles. The Kier molecular flexibility index (Phi) is 3.42. The molecule has 1 aliphatic heterocycles. The lowest BCUT2D eigenvalue weighted by molar-refractivity contribution is -0.384. The highest BCUT2D eigenvalue weighted by atomic mass is 79.9. The van der Waals surface area contributed by atoms with Crippen LogP contribution in [0.3, 0.4) is 0 Å². The third-order valence-corrected chi connectivity index (χ3v) is 3.08. The summed E-state index contributed by atoms with van der Waals surface area (Å²) in [6, 6.07) is 1.50. The van der Waals surface area contributed by atoms with Crippen molar-refractivity contribution >= 4 is 27.4 Å². The van der Waals surface area contributed by atoms with Gasteiger partial charge in [-0.15, -0.1) is 0 Å². The molecule has 6 heteroatoms. The van der Waals surface area contributed by atoms with E-state index < -0.39 is 0 Å². The van der Waals surface area contributed by atoms with Gasteiger partial charge in [0, 0.05) is 29.8 Å². The fourth-order valence-electron chi connectivity index (χ4n) is 1.89. The van der Waals surface area contributed by atoms with Crippen molar-refractivity contribution < 1.29 is 4.92 Å². The number of nitro groups is 1. The van der Waals surface area contributed by atoms with Gasteiger partial charge in [0.25, 0.3) is 0 Å². The molecule has 0 radical (unpaired) electrons. The van der Waals surface area contributed by atoms with E-state index in [1.54, 1.807) is 6.20 Å². The molecule has 0 amide bonds. The molecule has 0 atom stereocenters. The van der Waals surface area contributed by atoms with Gasteiger partial charge in [-0.25, -0.2) is 4.98 Å². The predicted octanol–water partition coefficient (Wildman–Crippen LogP) is 2.91. The molecule has 5 nitrogen and oxygen atoms in total. The molecular weight excluding hydrogens is 286 g/mol. The van der Waals surface area contributed by atoms with Gasteiger partial charge in [-0.1, -0.05) is 11.6 Å². The van der Waals surface area contributed by atoms with Gasteiger partial charge in [0.15, 0.2) is 0 Å². The molecule has 1 aromatic heterocycles. The molecule has 1 aromatic rings. The summed E-state index contributed by atoms with van der Waals surface area (Å²) in [5.41, 5.74) is 1.27. The third-order valence-electron chi connectivity index (χ3n) is 2.64. The number of aromatic nitrogens is 1. The first-order valence-corrected chi connectivity index (χ1v) is 6.08. The Hall–Kier alpha value is -1.43. The molecule has 0 fully saturated rings. The molecule has 2 heterocycles. The van der Waals surface area contributed by atoms with Crippen LogP contribution < -0.4 is 4.90 Å². The van der Waals surface area contributed by atoms with Crippen molar-refractivity contribution in [3.05, 3.63) is 38.5 Å². The molecule has 2 rings (SSSR count). The molecule has 0 unspecified atom stereocenters. The first-order chi connectivity index (χ1) is 8.08. The minimum absolute atomic E-state index is 0.0501. The zero-order valence-electron chi connectivity index (χ0n) is 9.39. The van der Waals surface area contributed by atoms with E-state index in [4.69, 9.17) is 0 Å². The van der Waals surface area contributed by atoms with Gasteiger partial charge < -0.3 is 4.90 Å². The second-order valence-electron chi connectivity index (χ2n) is 4.01. The van der Waals surface area contributed by atoms with Crippen molar-refractivity contribution in [2.45, 2.75) is 13.3 Å². The normalized spacial score (nSPS) is 15.6. The smallest absolute Gasteiger partial charge is 0.312 e. The fraction of sp³-hybridized carbons (Fsp3) is 0.364. The molecular formula is C11H12BrN3O2. The Labute approximate surface area is 107 Å². The molecule has 90 valence electrons. The van der Waals surface area contributed by atoms with E-state index in [0.717, 1.165) is 13.0 Å². The summed E-state index contributed by atoms with van der Waals surface area (Å²) in [7, 11) is 0. The number of hydrogen-bond acceptors (Lipinski definition) is 4. The lowest BCUT2D eigenvalue weighted by Crippen LogP contribution is -2.30. The van der Waals surface area contributed by atoms with Crippen LogP contribution in [0.25, 0.3) is 0 Å². The second kappa shape index (κ2) is 4.83. The fourth-order valence-corrected chi connectivity index (χ4v) is 2.21. The van der Waals surface area contributed by atoms with E-state index in [9.17, 15) is 10.1 Å². The van der Waals surface area contributed by atoms with Gasteiger partial charge in [0.05, 0.1) is 4.92 Å². The predicted molar refractivity (Wildman–Crippen MR) is 69.2 cm³/mol. The van der Waals surface area contributed by atoms with Crippen LogP contribution in [0.1, 0.15) is 13.3 Å². The average molecular weight is 298 g/mol. The standard InChI is InChI=1S/C11H12BrN3O2/c1-8-3-2-4-14(7-8)11-10(15(16)17)5-9(12)6-13-11/h3,5-6H,2,4,7H2,1H3. The van der Waals surface area contributed by atoms with Crippen molar-refractivity contribution in [3.8, 4) is 0 Å². The van der Waals surface area contributed by atoms with Gasteiger partial charge >= 0.3 is 5.69 Å². The summed E-state index contributed by atoms with van der Waals surface area (Å²) < 4.78 is 0.622. The SMILES string of the molecule is CC1=CCCN(c2ncc(Br)cc2[N+](=O)[O-])C1. The number of halogens is 1. The first kappa shape index (κ1) is 12.0. The van der Waals surface area contributed by atoms with Crippen molar-refractivity contribution in [3.63, 3.8) is 0 Å². The Balaban J connectivity index is 2.38. The van der Waals surface area contributed by atoms with E-state index in [-0.39, 0.29) is 10.6 Å². The van der Waals surface area contributed by atoms with Crippen LogP contribution in [0.5, 0.6) is 0 Å². The zero-order chi connectivity index (χ0) is 12.4. The maximum atomic E-state index is 11.0. The molecule has 0 aromatic carbocycles. The van der Waals surface area contributed by atoms with Crippen LogP contribution in [0.4, 0.5) is 11.5 Å². The average Bonchev–Trinajstić information content (AvgIpc) is 2.28. The van der Waals surface area contributed by atoms with Crippen LogP contribution >= 0.6 is 15.9 Å². The van der Waals surface area contributed by atoms with Crippen LogP contribution in [-0.2, 0) is 0 Å². The number of nitrogens with zero attached hydrogens (tertiary/aromatic N) is 3. The number of hydrogen-bond donors (Lipinski definition) is 0. The largest absolute Gasteiger partial charge is 0.347 e. The highest BCUT2D eigenvalue weighted by Gasteiger charge is 2.22. The Morgan fingerprint density at radius 1 is 1.59 bits per heavy atom. The number of anilines is 1. The molecule has 17 heavy (non-hydrogen) atoms. The van der Waals surface area contributed by atoms with E-state index in [1.807, 2.05) is 11.8 Å². The highest BCUT2D eigenvalue weighted by Crippen LogP contribution is 2.30. The molecule has 0 N–H and O–H groups in total. The second-order valence-corrected chi connectivity index (χ2v) is 4.93. The van der Waals surface area contributed by atoms with Crippen LogP contribution in [0.2, 0.25) is 0 Å². The lowest BCUT2D eigenvalue weighted by atomic mass is 10.1. The van der Waals surface area contributed by atoms with Gasteiger partial charge in [-0.2, -0.15) is 0 Å². The summed E-state index contributed by atoms with van der Waals surface area (Å²) in [5, 5.41) is 11.0. The molecule has 0 aliphatic carbocycles. The minimum Gasteiger partial charge on any atom is -0.347 e. The monoisotopic (exact) mass is 297 g/mol. The molecule has 0 bridgehead atoms. The van der Waals surface area contributed by atoms with Gasteiger partial charge in [-0.3, -0.25) is 10.1 Å². The quantitative estimate of drug-likeness (QED) is 0.478. The summed E-state index contributed by atoms with van der Waals surface area (Å²) in [5.74, 6) is 0.450. The minimum atomic E-state index is -0.388. The number of pyridine rings is 1. The van der Waals surface area contributed by atoms with Gasteiger partial charge in [0.2, 0.25) is 5.82 Å². The van der Waals surface area contributed by atoms with E-state index >= 15 is 0 Å². The van der Waals surface area contributed by atoms with E-state index in [2.05, 4.69) is 27.0 Å². The Bertz CT molecular complexity index is 488. The van der Waals surface area contributed by atoms with E-state index in [1.165, 1.54) is 11.6 Å². The third kappa shape index (κ3) is 2.63. The summed E-state index contributed by atoms with van der Waals surface area (Å²) in [6.07, 6.45) is 4.65.